The van der Waals surface area contributed by atoms with E-state index in [0.29, 0.717) is 32.6 Å². The Hall–Kier alpha value is -2.42. The van der Waals surface area contributed by atoms with E-state index < -0.39 is 17.8 Å². The second-order valence-corrected chi connectivity index (χ2v) is 4.82. The highest BCUT2D eigenvalue weighted by Gasteiger charge is 2.26. The van der Waals surface area contributed by atoms with E-state index >= 15 is 0 Å². The van der Waals surface area contributed by atoms with E-state index in [0.717, 1.165) is 0 Å². The molecule has 2 heterocycles. The number of rotatable bonds is 4. The number of carboxylic acids is 1. The average Bonchev–Trinajstić information content (AvgIpc) is 2.79. The van der Waals surface area contributed by atoms with Crippen LogP contribution in [0.25, 0.3) is 0 Å². The summed E-state index contributed by atoms with van der Waals surface area (Å²) in [5.74, 6) is -2.05. The van der Waals surface area contributed by atoms with Crippen LogP contribution in [-0.2, 0) is 4.79 Å². The van der Waals surface area contributed by atoms with Crippen LogP contribution < -0.4 is 5.73 Å². The number of nitrogens with one attached hydrogen (secondary N) is 1. The summed E-state index contributed by atoms with van der Waals surface area (Å²) >= 11 is 0. The van der Waals surface area contributed by atoms with Crippen molar-refractivity contribution in [3.05, 3.63) is 17.7 Å². The molecular formula is C12H17N5O4. The number of carbonyl (C=O) groups excluding carboxylic acids is 2. The molecule has 1 aromatic rings. The highest BCUT2D eigenvalue weighted by Crippen LogP contribution is 2.10. The van der Waals surface area contributed by atoms with E-state index in [2.05, 4.69) is 9.97 Å². The van der Waals surface area contributed by atoms with Gasteiger partial charge in [-0.05, 0) is 6.42 Å². The van der Waals surface area contributed by atoms with E-state index in [1.165, 1.54) is 6.33 Å². The molecule has 0 spiro atoms. The van der Waals surface area contributed by atoms with Gasteiger partial charge in [0.15, 0.2) is 11.4 Å². The summed E-state index contributed by atoms with van der Waals surface area (Å²) < 4.78 is 0. The van der Waals surface area contributed by atoms with Gasteiger partial charge in [0, 0.05) is 26.2 Å². The molecular weight excluding hydrogens is 278 g/mol. The maximum absolute atomic E-state index is 12.3. The Kier molecular flexibility index (Phi) is 4.53. The molecule has 2 rings (SSSR count). The van der Waals surface area contributed by atoms with Gasteiger partial charge in [-0.15, -0.1) is 0 Å². The van der Waals surface area contributed by atoms with Gasteiger partial charge in [-0.3, -0.25) is 14.5 Å². The lowest BCUT2D eigenvalue weighted by molar-refractivity contribution is -0.119. The first-order valence-corrected chi connectivity index (χ1v) is 6.55. The predicted octanol–water partition coefficient (Wildman–Crippen LogP) is -1.26. The van der Waals surface area contributed by atoms with Gasteiger partial charge >= 0.3 is 5.97 Å². The van der Waals surface area contributed by atoms with Gasteiger partial charge in [-0.2, -0.15) is 0 Å². The molecule has 1 aliphatic rings. The summed E-state index contributed by atoms with van der Waals surface area (Å²) in [6.45, 7) is 2.23. The quantitative estimate of drug-likeness (QED) is 0.635. The van der Waals surface area contributed by atoms with E-state index in [-0.39, 0.29) is 17.9 Å². The summed E-state index contributed by atoms with van der Waals surface area (Å²) in [6, 6.07) is 0. The number of carbonyl (C=O) groups is 3. The molecule has 1 saturated heterocycles. The summed E-state index contributed by atoms with van der Waals surface area (Å²) in [6.07, 6.45) is 1.87. The topological polar surface area (TPSA) is 133 Å². The summed E-state index contributed by atoms with van der Waals surface area (Å²) in [4.78, 5) is 43.9. The molecule has 4 N–H and O–H groups in total. The van der Waals surface area contributed by atoms with Crippen molar-refractivity contribution in [2.45, 2.75) is 6.42 Å². The van der Waals surface area contributed by atoms with Crippen molar-refractivity contribution in [2.75, 3.05) is 32.7 Å². The van der Waals surface area contributed by atoms with Crippen LogP contribution >= 0.6 is 0 Å². The number of nitrogens with two attached hydrogens (primary N) is 1. The zero-order chi connectivity index (χ0) is 15.4. The lowest BCUT2D eigenvalue weighted by Crippen LogP contribution is -2.38. The molecule has 0 atom stereocenters. The molecule has 9 nitrogen and oxygen atoms in total. The number of aromatic nitrogens is 2. The molecule has 1 fully saturated rings. The fraction of sp³-hybridized carbons (Fsp3) is 0.500. The molecule has 0 aromatic carbocycles. The summed E-state index contributed by atoms with van der Waals surface area (Å²) in [7, 11) is 0. The van der Waals surface area contributed by atoms with Crippen molar-refractivity contribution >= 4 is 17.8 Å². The van der Waals surface area contributed by atoms with Gasteiger partial charge in [0.05, 0.1) is 12.9 Å². The Morgan fingerprint density at radius 2 is 2.05 bits per heavy atom. The Balaban J connectivity index is 2.05. The van der Waals surface area contributed by atoms with Crippen molar-refractivity contribution in [3.63, 3.8) is 0 Å². The van der Waals surface area contributed by atoms with Gasteiger partial charge < -0.3 is 20.7 Å². The van der Waals surface area contributed by atoms with Gasteiger partial charge in [0.1, 0.15) is 0 Å². The molecule has 9 heteroatoms. The third-order valence-electron chi connectivity index (χ3n) is 3.31. The van der Waals surface area contributed by atoms with Gasteiger partial charge in [0.2, 0.25) is 5.91 Å². The standard InChI is InChI=1S/C12H17N5O4/c13-8(18)6-16-2-1-3-17(5-4-16)11(19)9-10(12(20)21)15-7-14-9/h7H,1-6H2,(H2,13,18)(H,14,15)(H,20,21). The number of nitrogens with zero attached hydrogens (tertiary/aromatic N) is 3. The van der Waals surface area contributed by atoms with Crippen LogP contribution in [0.3, 0.4) is 0 Å². The summed E-state index contributed by atoms with van der Waals surface area (Å²) in [5.41, 5.74) is 4.86. The van der Waals surface area contributed by atoms with Crippen LogP contribution in [0.1, 0.15) is 27.4 Å². The van der Waals surface area contributed by atoms with Crippen LogP contribution in [0, 0.1) is 0 Å². The van der Waals surface area contributed by atoms with Crippen LogP contribution in [0.4, 0.5) is 0 Å². The van der Waals surface area contributed by atoms with Crippen molar-refractivity contribution in [1.82, 2.24) is 19.8 Å². The van der Waals surface area contributed by atoms with Crippen LogP contribution in [-0.4, -0.2) is 75.4 Å². The Bertz CT molecular complexity index is 556. The second-order valence-electron chi connectivity index (χ2n) is 4.82. The van der Waals surface area contributed by atoms with Crippen molar-refractivity contribution < 1.29 is 19.5 Å². The molecule has 21 heavy (non-hydrogen) atoms. The molecule has 0 saturated carbocycles. The maximum Gasteiger partial charge on any atom is 0.354 e. The van der Waals surface area contributed by atoms with Crippen LogP contribution in [0.15, 0.2) is 6.33 Å². The van der Waals surface area contributed by atoms with Crippen LogP contribution in [0.5, 0.6) is 0 Å². The second kappa shape index (κ2) is 6.35. The molecule has 0 radical (unpaired) electrons. The first-order chi connectivity index (χ1) is 9.99. The number of aromatic amines is 1. The number of carboxylic acid groups (broad SMARTS) is 1. The zero-order valence-corrected chi connectivity index (χ0v) is 11.4. The third kappa shape index (κ3) is 3.57. The van der Waals surface area contributed by atoms with Gasteiger partial charge in [-0.25, -0.2) is 9.78 Å². The minimum Gasteiger partial charge on any atom is -0.477 e. The zero-order valence-electron chi connectivity index (χ0n) is 11.4. The largest absolute Gasteiger partial charge is 0.477 e. The Morgan fingerprint density at radius 1 is 1.29 bits per heavy atom. The van der Waals surface area contributed by atoms with Crippen molar-refractivity contribution in [2.24, 2.45) is 5.73 Å². The lowest BCUT2D eigenvalue weighted by atomic mass is 10.2. The third-order valence-corrected chi connectivity index (χ3v) is 3.31. The molecule has 0 unspecified atom stereocenters. The maximum atomic E-state index is 12.3. The number of hydrogen-bond acceptors (Lipinski definition) is 5. The monoisotopic (exact) mass is 295 g/mol. The SMILES string of the molecule is NC(=O)CN1CCCN(C(=O)c2nc[nH]c2C(=O)O)CC1. The summed E-state index contributed by atoms with van der Waals surface area (Å²) in [5, 5.41) is 9.00. The molecule has 0 bridgehead atoms. The lowest BCUT2D eigenvalue weighted by Gasteiger charge is -2.20. The number of hydrogen-bond donors (Lipinski definition) is 3. The minimum absolute atomic E-state index is 0.0918. The normalized spacial score (nSPS) is 16.5. The van der Waals surface area contributed by atoms with Crippen molar-refractivity contribution in [3.8, 4) is 0 Å². The van der Waals surface area contributed by atoms with Gasteiger partial charge in [0.25, 0.3) is 5.91 Å². The highest BCUT2D eigenvalue weighted by molar-refractivity contribution is 6.02. The number of aromatic carboxylic acids is 1. The smallest absolute Gasteiger partial charge is 0.354 e. The number of imidazole rings is 1. The van der Waals surface area contributed by atoms with E-state index in [4.69, 9.17) is 10.8 Å². The average molecular weight is 295 g/mol. The Labute approximate surface area is 120 Å². The van der Waals surface area contributed by atoms with E-state index in [1.807, 2.05) is 4.90 Å². The fourth-order valence-corrected chi connectivity index (χ4v) is 2.32. The fourth-order valence-electron chi connectivity index (χ4n) is 2.32. The van der Waals surface area contributed by atoms with Crippen molar-refractivity contribution in [1.29, 1.82) is 0 Å². The molecule has 114 valence electrons. The van der Waals surface area contributed by atoms with Gasteiger partial charge in [-0.1, -0.05) is 0 Å². The molecule has 2 amide bonds. The van der Waals surface area contributed by atoms with Crippen LogP contribution in [0.2, 0.25) is 0 Å². The first kappa shape index (κ1) is 15.0. The number of H-pyrrole nitrogens is 1. The Morgan fingerprint density at radius 3 is 2.71 bits per heavy atom. The number of amides is 2. The first-order valence-electron chi connectivity index (χ1n) is 6.55. The molecule has 1 aromatic heterocycles. The highest BCUT2D eigenvalue weighted by atomic mass is 16.4. The predicted molar refractivity (Wildman–Crippen MR) is 71.7 cm³/mol. The number of primary amides is 1. The van der Waals surface area contributed by atoms with E-state index in [1.54, 1.807) is 4.90 Å². The molecule has 1 aliphatic heterocycles. The van der Waals surface area contributed by atoms with E-state index in [9.17, 15) is 14.4 Å². The minimum atomic E-state index is -1.22. The molecule has 0 aliphatic carbocycles.